The minimum Gasteiger partial charge on any atom is -0.379 e. The van der Waals surface area contributed by atoms with E-state index in [1.807, 2.05) is 6.92 Å². The lowest BCUT2D eigenvalue weighted by molar-refractivity contribution is -0.136. The quantitative estimate of drug-likeness (QED) is 0.773. The van der Waals surface area contributed by atoms with E-state index < -0.39 is 20.7 Å². The van der Waals surface area contributed by atoms with Crippen molar-refractivity contribution in [2.75, 3.05) is 57.9 Å². The molecule has 1 atom stereocenters. The second-order valence-electron chi connectivity index (χ2n) is 6.54. The maximum absolute atomic E-state index is 14.2. The molecular weight excluding hydrogens is 377 g/mol. The molecule has 0 aromatic heterocycles. The number of sulfonamides is 1. The first-order chi connectivity index (χ1) is 12.9. The van der Waals surface area contributed by atoms with E-state index in [1.54, 1.807) is 4.90 Å². The van der Waals surface area contributed by atoms with Crippen LogP contribution in [0.4, 0.5) is 10.1 Å². The Hall–Kier alpha value is -1.75. The minimum atomic E-state index is -3.96. The first kappa shape index (κ1) is 20.0. The van der Waals surface area contributed by atoms with Gasteiger partial charge < -0.3 is 19.7 Å². The van der Waals surface area contributed by atoms with Gasteiger partial charge in [0.25, 0.3) is 0 Å². The third kappa shape index (κ3) is 4.75. The molecule has 2 fully saturated rings. The highest BCUT2D eigenvalue weighted by Crippen LogP contribution is 2.24. The van der Waals surface area contributed by atoms with E-state index in [4.69, 9.17) is 9.47 Å². The summed E-state index contributed by atoms with van der Waals surface area (Å²) in [6, 6.07) is 3.75. The van der Waals surface area contributed by atoms with E-state index in [-0.39, 0.29) is 44.9 Å². The number of hydrogen-bond acceptors (Lipinski definition) is 6. The highest BCUT2D eigenvalue weighted by Gasteiger charge is 2.29. The molecule has 0 saturated carbocycles. The Morgan fingerprint density at radius 1 is 1.26 bits per heavy atom. The zero-order valence-corrected chi connectivity index (χ0v) is 16.0. The van der Waals surface area contributed by atoms with Gasteiger partial charge in [0.2, 0.25) is 15.9 Å². The Bertz CT molecular complexity index is 783. The van der Waals surface area contributed by atoms with Crippen LogP contribution in [0, 0.1) is 5.82 Å². The summed E-state index contributed by atoms with van der Waals surface area (Å²) in [5.74, 6) is -0.938. The van der Waals surface area contributed by atoms with Gasteiger partial charge in [0.1, 0.15) is 10.7 Å². The molecule has 0 radical (unpaired) electrons. The van der Waals surface area contributed by atoms with Gasteiger partial charge in [0.05, 0.1) is 32.5 Å². The van der Waals surface area contributed by atoms with Crippen molar-refractivity contribution in [2.45, 2.75) is 17.9 Å². The van der Waals surface area contributed by atoms with E-state index in [2.05, 4.69) is 5.32 Å². The van der Waals surface area contributed by atoms with Gasteiger partial charge in [-0.3, -0.25) is 4.79 Å². The van der Waals surface area contributed by atoms with Crippen LogP contribution in [0.2, 0.25) is 0 Å². The van der Waals surface area contributed by atoms with Gasteiger partial charge in [0, 0.05) is 31.9 Å². The number of carbonyl (C=O) groups excluding carboxylic acids is 1. The van der Waals surface area contributed by atoms with E-state index >= 15 is 0 Å². The molecule has 3 rings (SSSR count). The number of benzene rings is 1. The van der Waals surface area contributed by atoms with Crippen molar-refractivity contribution in [3.8, 4) is 0 Å². The number of hydrogen-bond donors (Lipinski definition) is 1. The van der Waals surface area contributed by atoms with Gasteiger partial charge in [-0.1, -0.05) is 0 Å². The summed E-state index contributed by atoms with van der Waals surface area (Å²) >= 11 is 0. The zero-order chi connectivity index (χ0) is 19.4. The third-order valence-corrected chi connectivity index (χ3v) is 6.47. The number of anilines is 1. The van der Waals surface area contributed by atoms with Crippen LogP contribution in [-0.4, -0.2) is 82.2 Å². The largest absolute Gasteiger partial charge is 0.379 e. The lowest BCUT2D eigenvalue weighted by Gasteiger charge is -2.31. The lowest BCUT2D eigenvalue weighted by Crippen LogP contribution is -2.46. The van der Waals surface area contributed by atoms with Crippen molar-refractivity contribution in [2.24, 2.45) is 0 Å². The van der Waals surface area contributed by atoms with Gasteiger partial charge >= 0.3 is 0 Å². The number of nitrogens with zero attached hydrogens (tertiary/aromatic N) is 2. The molecule has 0 bridgehead atoms. The van der Waals surface area contributed by atoms with E-state index in [0.717, 1.165) is 6.07 Å². The maximum Gasteiger partial charge on any atom is 0.246 e. The molecule has 150 valence electrons. The zero-order valence-electron chi connectivity index (χ0n) is 15.2. The van der Waals surface area contributed by atoms with Crippen molar-refractivity contribution >= 4 is 21.6 Å². The molecule has 2 aliphatic heterocycles. The highest BCUT2D eigenvalue weighted by molar-refractivity contribution is 7.89. The lowest BCUT2D eigenvalue weighted by atomic mass is 10.3. The van der Waals surface area contributed by atoms with Crippen molar-refractivity contribution in [1.29, 1.82) is 0 Å². The predicted molar refractivity (Wildman–Crippen MR) is 96.5 cm³/mol. The molecule has 1 unspecified atom stereocenters. The summed E-state index contributed by atoms with van der Waals surface area (Å²) in [4.78, 5) is 13.6. The Kier molecular flexibility index (Phi) is 6.30. The fraction of sp³-hybridized carbons (Fsp3) is 0.588. The Balaban J connectivity index is 1.68. The van der Waals surface area contributed by atoms with Crippen LogP contribution in [-0.2, 0) is 24.3 Å². The van der Waals surface area contributed by atoms with Crippen molar-refractivity contribution in [1.82, 2.24) is 9.21 Å². The molecule has 1 amide bonds. The molecule has 10 heteroatoms. The van der Waals surface area contributed by atoms with Crippen molar-refractivity contribution in [3.05, 3.63) is 24.0 Å². The maximum atomic E-state index is 14.2. The Morgan fingerprint density at radius 3 is 2.70 bits per heavy atom. The van der Waals surface area contributed by atoms with Gasteiger partial charge in [-0.2, -0.15) is 4.31 Å². The molecule has 0 aliphatic carbocycles. The third-order valence-electron chi connectivity index (χ3n) is 4.56. The number of morpholine rings is 2. The second-order valence-corrected chi connectivity index (χ2v) is 8.44. The van der Waals surface area contributed by atoms with E-state index in [0.29, 0.717) is 25.4 Å². The van der Waals surface area contributed by atoms with E-state index in [1.165, 1.54) is 16.4 Å². The fourth-order valence-corrected chi connectivity index (χ4v) is 4.57. The number of halogens is 1. The van der Waals surface area contributed by atoms with Crippen LogP contribution in [0.1, 0.15) is 6.92 Å². The highest BCUT2D eigenvalue weighted by atomic mass is 32.2. The number of carbonyl (C=O) groups is 1. The van der Waals surface area contributed by atoms with Crippen LogP contribution < -0.4 is 5.32 Å². The Morgan fingerprint density at radius 2 is 2.00 bits per heavy atom. The number of amides is 1. The smallest absolute Gasteiger partial charge is 0.246 e. The van der Waals surface area contributed by atoms with Crippen LogP contribution in [0.25, 0.3) is 0 Å². The molecule has 8 nitrogen and oxygen atoms in total. The van der Waals surface area contributed by atoms with Crippen molar-refractivity contribution < 1.29 is 27.1 Å². The van der Waals surface area contributed by atoms with E-state index in [9.17, 15) is 17.6 Å². The van der Waals surface area contributed by atoms with Crippen LogP contribution in [0.3, 0.4) is 0 Å². The number of ether oxygens (including phenoxy) is 2. The average molecular weight is 401 g/mol. The summed E-state index contributed by atoms with van der Waals surface area (Å²) in [7, 11) is -3.96. The summed E-state index contributed by atoms with van der Waals surface area (Å²) in [5.41, 5.74) is 0.373. The van der Waals surface area contributed by atoms with Crippen LogP contribution in [0.15, 0.2) is 23.1 Å². The molecular formula is C17H24FN3O5S. The first-order valence-corrected chi connectivity index (χ1v) is 10.3. The Labute approximate surface area is 158 Å². The molecule has 1 aromatic rings. The molecule has 1 N–H and O–H groups in total. The van der Waals surface area contributed by atoms with Crippen LogP contribution >= 0.6 is 0 Å². The van der Waals surface area contributed by atoms with Gasteiger partial charge in [-0.15, -0.1) is 0 Å². The first-order valence-electron chi connectivity index (χ1n) is 8.88. The van der Waals surface area contributed by atoms with Crippen LogP contribution in [0.5, 0.6) is 0 Å². The molecule has 2 aliphatic rings. The van der Waals surface area contributed by atoms with Gasteiger partial charge in [-0.05, 0) is 25.1 Å². The predicted octanol–water partition coefficient (Wildman–Crippen LogP) is 0.506. The SMILES string of the molecule is CC1CN(C(=O)CNc2ccc(F)c(S(=O)(=O)N3CCOCC3)c2)CCO1. The molecule has 1 aromatic carbocycles. The normalized spacial score (nSPS) is 21.9. The number of nitrogens with one attached hydrogen (secondary N) is 1. The van der Waals surface area contributed by atoms with Crippen molar-refractivity contribution in [3.63, 3.8) is 0 Å². The summed E-state index contributed by atoms with van der Waals surface area (Å²) in [6.07, 6.45) is -0.0150. The topological polar surface area (TPSA) is 88.2 Å². The molecule has 2 heterocycles. The summed E-state index contributed by atoms with van der Waals surface area (Å²) in [5, 5.41) is 2.89. The fourth-order valence-electron chi connectivity index (χ4n) is 3.07. The standard InChI is InChI=1S/C17H24FN3O5S/c1-13-12-20(4-9-26-13)17(22)11-19-14-2-3-15(18)16(10-14)27(23,24)21-5-7-25-8-6-21/h2-3,10,13,19H,4-9,11-12H2,1H3. The number of rotatable bonds is 5. The summed E-state index contributed by atoms with van der Waals surface area (Å²) in [6.45, 7) is 4.36. The van der Waals surface area contributed by atoms with Gasteiger partial charge in [-0.25, -0.2) is 12.8 Å². The molecule has 27 heavy (non-hydrogen) atoms. The summed E-state index contributed by atoms with van der Waals surface area (Å²) < 4.78 is 51.4. The van der Waals surface area contributed by atoms with Gasteiger partial charge in [0.15, 0.2) is 0 Å². The monoisotopic (exact) mass is 401 g/mol. The second kappa shape index (κ2) is 8.51. The average Bonchev–Trinajstić information content (AvgIpc) is 2.67. The molecule has 2 saturated heterocycles. The molecule has 0 spiro atoms. The minimum absolute atomic E-state index is 0.00457.